The number of hydrogen-bond acceptors (Lipinski definition) is 1. The lowest BCUT2D eigenvalue weighted by atomic mass is 10.0. The highest BCUT2D eigenvalue weighted by Gasteiger charge is 2.36. The summed E-state index contributed by atoms with van der Waals surface area (Å²) in [5.74, 6) is 0. The Hall–Kier alpha value is -1.97. The van der Waals surface area contributed by atoms with Gasteiger partial charge >= 0.3 is 12.4 Å². The minimum absolute atomic E-state index is 0.176. The molecular weight excluding hydrogens is 260 g/mol. The Morgan fingerprint density at radius 1 is 1.11 bits per heavy atom. The van der Waals surface area contributed by atoms with Crippen molar-refractivity contribution in [2.45, 2.75) is 12.4 Å². The van der Waals surface area contributed by atoms with Crippen LogP contribution in [-0.2, 0) is 6.18 Å². The molecule has 0 aromatic heterocycles. The van der Waals surface area contributed by atoms with E-state index in [-0.39, 0.29) is 6.08 Å². The van der Waals surface area contributed by atoms with Crippen LogP contribution < -0.4 is 0 Å². The van der Waals surface area contributed by atoms with Gasteiger partial charge in [0.05, 0.1) is 17.2 Å². The van der Waals surface area contributed by atoms with E-state index in [9.17, 15) is 26.3 Å². The summed E-state index contributed by atoms with van der Waals surface area (Å²) in [6.07, 6.45) is -9.45. The number of nitriles is 1. The molecule has 18 heavy (non-hydrogen) atoms. The third-order valence-corrected chi connectivity index (χ3v) is 2.02. The largest absolute Gasteiger partial charge is 0.417 e. The SMILES string of the molecule is N#C/C=C(/c1cccc(C(F)(F)F)c1)C(F)(F)F. The van der Waals surface area contributed by atoms with E-state index >= 15 is 0 Å². The van der Waals surface area contributed by atoms with Crippen molar-refractivity contribution >= 4 is 5.57 Å². The summed E-state index contributed by atoms with van der Waals surface area (Å²) in [4.78, 5) is 0. The maximum atomic E-state index is 12.5. The Bertz CT molecular complexity index is 503. The van der Waals surface area contributed by atoms with Gasteiger partial charge in [0.25, 0.3) is 0 Å². The average molecular weight is 265 g/mol. The zero-order valence-corrected chi connectivity index (χ0v) is 8.60. The van der Waals surface area contributed by atoms with Gasteiger partial charge in [0, 0.05) is 6.08 Å². The van der Waals surface area contributed by atoms with Crippen LogP contribution >= 0.6 is 0 Å². The first-order valence-electron chi connectivity index (χ1n) is 4.51. The number of halogens is 6. The minimum Gasteiger partial charge on any atom is -0.193 e. The van der Waals surface area contributed by atoms with Gasteiger partial charge in [-0.05, 0) is 17.7 Å². The van der Waals surface area contributed by atoms with Gasteiger partial charge in [-0.25, -0.2) is 0 Å². The van der Waals surface area contributed by atoms with E-state index < -0.39 is 29.1 Å². The van der Waals surface area contributed by atoms with Gasteiger partial charge in [-0.1, -0.05) is 12.1 Å². The standard InChI is InChI=1S/C11H5F6N/c12-10(13,14)8-3-1-2-7(6-8)9(4-5-18)11(15,16)17/h1-4,6H/b9-4-. The van der Waals surface area contributed by atoms with E-state index in [0.29, 0.717) is 12.1 Å². The summed E-state index contributed by atoms with van der Waals surface area (Å²) in [6.45, 7) is 0. The van der Waals surface area contributed by atoms with Gasteiger partial charge in [-0.3, -0.25) is 0 Å². The summed E-state index contributed by atoms with van der Waals surface area (Å²) in [7, 11) is 0. The van der Waals surface area contributed by atoms with Crippen molar-refractivity contribution < 1.29 is 26.3 Å². The number of rotatable bonds is 1. The summed E-state index contributed by atoms with van der Waals surface area (Å²) < 4.78 is 74.6. The number of hydrogen-bond donors (Lipinski definition) is 0. The fourth-order valence-corrected chi connectivity index (χ4v) is 1.26. The molecule has 0 aliphatic heterocycles. The lowest BCUT2D eigenvalue weighted by Crippen LogP contribution is -2.12. The van der Waals surface area contributed by atoms with Crippen molar-refractivity contribution in [3.05, 3.63) is 41.5 Å². The molecule has 0 heterocycles. The molecule has 0 spiro atoms. The van der Waals surface area contributed by atoms with Crippen LogP contribution in [0.1, 0.15) is 11.1 Å². The summed E-state index contributed by atoms with van der Waals surface area (Å²) in [6, 6.07) is 3.91. The Morgan fingerprint density at radius 3 is 2.17 bits per heavy atom. The van der Waals surface area contributed by atoms with Crippen LogP contribution in [0.3, 0.4) is 0 Å². The van der Waals surface area contributed by atoms with Crippen LogP contribution in [0.5, 0.6) is 0 Å². The minimum atomic E-state index is -4.89. The zero-order chi connectivity index (χ0) is 14.0. The van der Waals surface area contributed by atoms with Crippen molar-refractivity contribution in [3.63, 3.8) is 0 Å². The van der Waals surface area contributed by atoms with Crippen molar-refractivity contribution in [2.24, 2.45) is 0 Å². The van der Waals surface area contributed by atoms with Crippen molar-refractivity contribution in [3.8, 4) is 6.07 Å². The molecule has 0 atom stereocenters. The smallest absolute Gasteiger partial charge is 0.193 e. The topological polar surface area (TPSA) is 23.8 Å². The molecule has 1 aromatic carbocycles. The van der Waals surface area contributed by atoms with Gasteiger partial charge < -0.3 is 0 Å². The first-order chi connectivity index (χ1) is 8.16. The molecule has 0 radical (unpaired) electrons. The lowest BCUT2D eigenvalue weighted by Gasteiger charge is -2.13. The third-order valence-electron chi connectivity index (χ3n) is 2.02. The highest BCUT2D eigenvalue weighted by molar-refractivity contribution is 5.71. The molecular formula is C11H5F6N. The molecule has 0 unspecified atom stereocenters. The van der Waals surface area contributed by atoms with Crippen LogP contribution in [0, 0.1) is 11.3 Å². The highest BCUT2D eigenvalue weighted by atomic mass is 19.4. The van der Waals surface area contributed by atoms with Gasteiger partial charge in [0.1, 0.15) is 0 Å². The number of alkyl halides is 6. The lowest BCUT2D eigenvalue weighted by molar-refractivity contribution is -0.137. The maximum absolute atomic E-state index is 12.5. The van der Waals surface area contributed by atoms with Gasteiger partial charge in [-0.2, -0.15) is 31.6 Å². The number of nitrogens with zero attached hydrogens (tertiary/aromatic N) is 1. The van der Waals surface area contributed by atoms with Crippen molar-refractivity contribution in [2.75, 3.05) is 0 Å². The van der Waals surface area contributed by atoms with Crippen LogP contribution in [0.15, 0.2) is 30.3 Å². The number of benzene rings is 1. The molecule has 0 fully saturated rings. The maximum Gasteiger partial charge on any atom is 0.417 e. The molecule has 1 rings (SSSR count). The molecule has 0 aliphatic carbocycles. The molecule has 0 saturated carbocycles. The van der Waals surface area contributed by atoms with E-state index in [0.717, 1.165) is 12.1 Å². The molecule has 0 aliphatic rings. The molecule has 0 N–H and O–H groups in total. The van der Waals surface area contributed by atoms with Gasteiger partial charge in [0.15, 0.2) is 0 Å². The summed E-state index contributed by atoms with van der Waals surface area (Å²) in [5, 5.41) is 8.24. The Morgan fingerprint density at radius 2 is 1.72 bits per heavy atom. The second kappa shape index (κ2) is 4.72. The fraction of sp³-hybridized carbons (Fsp3) is 0.182. The second-order valence-corrected chi connectivity index (χ2v) is 3.26. The molecule has 0 amide bonds. The van der Waals surface area contributed by atoms with Crippen LogP contribution in [0.4, 0.5) is 26.3 Å². The van der Waals surface area contributed by atoms with Crippen LogP contribution in [-0.4, -0.2) is 6.18 Å². The molecule has 0 saturated heterocycles. The van der Waals surface area contributed by atoms with E-state index in [2.05, 4.69) is 0 Å². The van der Waals surface area contributed by atoms with Crippen molar-refractivity contribution in [1.29, 1.82) is 5.26 Å². The van der Waals surface area contributed by atoms with Crippen LogP contribution in [0.25, 0.3) is 5.57 Å². The van der Waals surface area contributed by atoms with Crippen molar-refractivity contribution in [1.82, 2.24) is 0 Å². The molecule has 0 bridgehead atoms. The fourth-order valence-electron chi connectivity index (χ4n) is 1.26. The number of allylic oxidation sites excluding steroid dienone is 2. The van der Waals surface area contributed by atoms with E-state index in [1.807, 2.05) is 0 Å². The highest BCUT2D eigenvalue weighted by Crippen LogP contribution is 2.36. The Kier molecular flexibility index (Phi) is 3.70. The molecule has 1 aromatic rings. The monoisotopic (exact) mass is 265 g/mol. The summed E-state index contributed by atoms with van der Waals surface area (Å²) in [5.41, 5.74) is -3.30. The van der Waals surface area contributed by atoms with Gasteiger partial charge in [-0.15, -0.1) is 0 Å². The normalized spacial score (nSPS) is 13.3. The van der Waals surface area contributed by atoms with E-state index in [4.69, 9.17) is 5.26 Å². The Labute approximate surface area is 98.0 Å². The molecule has 96 valence electrons. The zero-order valence-electron chi connectivity index (χ0n) is 8.60. The first-order valence-corrected chi connectivity index (χ1v) is 4.51. The second-order valence-electron chi connectivity index (χ2n) is 3.26. The quantitative estimate of drug-likeness (QED) is 0.552. The summed E-state index contributed by atoms with van der Waals surface area (Å²) >= 11 is 0. The Balaban J connectivity index is 3.34. The predicted octanol–water partition coefficient (Wildman–Crippen LogP) is 4.17. The average Bonchev–Trinajstić information content (AvgIpc) is 2.23. The van der Waals surface area contributed by atoms with Gasteiger partial charge in [0.2, 0.25) is 0 Å². The van der Waals surface area contributed by atoms with E-state index in [1.165, 1.54) is 6.07 Å². The predicted molar refractivity (Wildman–Crippen MR) is 51.1 cm³/mol. The third kappa shape index (κ3) is 3.26. The molecule has 7 heteroatoms. The van der Waals surface area contributed by atoms with E-state index in [1.54, 1.807) is 0 Å². The first kappa shape index (κ1) is 14.1. The van der Waals surface area contributed by atoms with Crippen LogP contribution in [0.2, 0.25) is 0 Å². The molecule has 1 nitrogen and oxygen atoms in total.